The third-order valence-electron chi connectivity index (χ3n) is 6.63. The van der Waals surface area contributed by atoms with E-state index in [9.17, 15) is 61.8 Å². The number of ether oxygens (including phenoxy) is 1. The van der Waals surface area contributed by atoms with Crippen molar-refractivity contribution in [3.05, 3.63) is 65.0 Å². The summed E-state index contributed by atoms with van der Waals surface area (Å²) in [7, 11) is 7.90. The van der Waals surface area contributed by atoms with Crippen LogP contribution in [-0.4, -0.2) is 170 Å². The quantitative estimate of drug-likeness (QED) is 0.0801. The van der Waals surface area contributed by atoms with Crippen LogP contribution in [0, 0.1) is 40.5 Å². The van der Waals surface area contributed by atoms with E-state index in [-0.39, 0.29) is 28.7 Å². The second kappa shape index (κ2) is 26.1. The van der Waals surface area contributed by atoms with E-state index in [0.717, 1.165) is 65.6 Å². The van der Waals surface area contributed by atoms with Crippen LogP contribution < -0.4 is 9.80 Å². The Morgan fingerprint density at radius 2 is 1.05 bits per heavy atom. The number of rotatable bonds is 15. The Hall–Kier alpha value is -4.88. The average molecular weight is 863 g/mol. The van der Waals surface area contributed by atoms with Crippen LogP contribution in [0.5, 0.6) is 0 Å². The first-order valence-corrected chi connectivity index (χ1v) is 18.7. The van der Waals surface area contributed by atoms with Gasteiger partial charge in [0.2, 0.25) is 22.0 Å². The number of nitro groups is 4. The van der Waals surface area contributed by atoms with Crippen molar-refractivity contribution < 1.29 is 62.9 Å². The third-order valence-corrected chi connectivity index (χ3v) is 7.86. The molecule has 1 saturated heterocycles. The van der Waals surface area contributed by atoms with E-state index in [0.29, 0.717) is 24.1 Å². The fourth-order valence-electron chi connectivity index (χ4n) is 3.52. The molecule has 3 heterocycles. The van der Waals surface area contributed by atoms with Gasteiger partial charge in [0.15, 0.2) is 0 Å². The van der Waals surface area contributed by atoms with Crippen molar-refractivity contribution in [1.29, 1.82) is 0 Å². The molecule has 57 heavy (non-hydrogen) atoms. The minimum absolute atomic E-state index is 0.123. The topological polar surface area (TPSA) is 336 Å². The molecule has 1 fully saturated rings. The van der Waals surface area contributed by atoms with Crippen molar-refractivity contribution >= 4 is 55.2 Å². The van der Waals surface area contributed by atoms with E-state index in [1.165, 1.54) is 12.8 Å². The molecule has 326 valence electrons. The predicted molar refractivity (Wildman–Crippen MR) is 203 cm³/mol. The number of aromatic nitrogens is 2. The number of hydrogen-bond donors (Lipinski definition) is 0. The minimum atomic E-state index is -4.41. The zero-order valence-electron chi connectivity index (χ0n) is 33.2. The monoisotopic (exact) mass is 862 g/mol. The lowest BCUT2D eigenvalue weighted by atomic mass is 10.3. The molecule has 0 aromatic carbocycles. The van der Waals surface area contributed by atoms with Crippen LogP contribution in [0.25, 0.3) is 0 Å². The third kappa shape index (κ3) is 25.1. The summed E-state index contributed by atoms with van der Waals surface area (Å²) in [5.74, 6) is 0.256. The summed E-state index contributed by atoms with van der Waals surface area (Å²) < 4.78 is 64.2. The van der Waals surface area contributed by atoms with Gasteiger partial charge in [0, 0.05) is 40.4 Å². The van der Waals surface area contributed by atoms with Crippen LogP contribution in [-0.2, 0) is 38.1 Å². The largest absolute Gasteiger partial charge is 0.726 e. The van der Waals surface area contributed by atoms with Crippen molar-refractivity contribution in [2.24, 2.45) is 0 Å². The standard InChI is InChI=1S/C11H18N5O4.C10H15N5O4.C4H8O.C2H6O4S.CH4O4S/c1-13(5-6-16(2,3)4)11-10(15(19)20)7-9(8-12-11)14(17)18;1-12(2)4-5-13(3)10-9(15(18)19)6-8(7-11-10)14(16)17;1-2-4-5-3-1;1-5-7(3,4)6-2;1-5-6(2,3)4/h7-8H,5-6H2,1-4H3;6-7H,4-5H2,1-3H3;1-4H2;1-2H3;1H3,(H,2,3,4)/q+1;;;;/p-1. The van der Waals surface area contributed by atoms with Crippen molar-refractivity contribution in [3.8, 4) is 0 Å². The number of quaternary nitrogens is 1. The molecule has 29 heteroatoms. The van der Waals surface area contributed by atoms with Gasteiger partial charge in [-0.25, -0.2) is 18.4 Å². The molecule has 0 N–H and O–H groups in total. The number of anilines is 2. The van der Waals surface area contributed by atoms with Gasteiger partial charge in [0.1, 0.15) is 12.4 Å². The molecule has 0 aliphatic carbocycles. The summed E-state index contributed by atoms with van der Waals surface area (Å²) >= 11 is 0. The maximum atomic E-state index is 11.0. The van der Waals surface area contributed by atoms with Crippen LogP contribution in [0.2, 0.25) is 0 Å². The smallest absolute Gasteiger partial charge is 0.399 e. The van der Waals surface area contributed by atoms with Gasteiger partial charge in [0.25, 0.3) is 11.4 Å². The lowest BCUT2D eigenvalue weighted by Crippen LogP contribution is -2.41. The zero-order valence-corrected chi connectivity index (χ0v) is 34.8. The molecule has 3 rings (SSSR count). The molecule has 2 aromatic rings. The highest BCUT2D eigenvalue weighted by molar-refractivity contribution is 7.81. The summed E-state index contributed by atoms with van der Waals surface area (Å²) in [6.45, 7) is 4.52. The molecule has 2 aromatic heterocycles. The first-order chi connectivity index (χ1) is 26.1. The molecule has 0 saturated carbocycles. The first-order valence-electron chi connectivity index (χ1n) is 16.0. The molecule has 0 spiro atoms. The van der Waals surface area contributed by atoms with Gasteiger partial charge in [-0.1, -0.05) is 0 Å². The van der Waals surface area contributed by atoms with Crippen LogP contribution in [0.1, 0.15) is 12.8 Å². The van der Waals surface area contributed by atoms with Gasteiger partial charge in [-0.15, -0.1) is 0 Å². The van der Waals surface area contributed by atoms with Crippen LogP contribution in [0.3, 0.4) is 0 Å². The number of hydrogen-bond acceptors (Lipinski definition) is 22. The van der Waals surface area contributed by atoms with Gasteiger partial charge in [-0.05, 0) is 26.9 Å². The molecule has 27 nitrogen and oxygen atoms in total. The lowest BCUT2D eigenvalue weighted by Gasteiger charge is -2.27. The maximum Gasteiger partial charge on any atom is 0.399 e. The fourth-order valence-corrected chi connectivity index (χ4v) is 3.65. The molecule has 0 atom stereocenters. The SMILES string of the molecule is C1CCOC1.CN(C)CCN(C)c1ncc([N+](=O)[O-])cc1[N+](=O)[O-].CN(CC[N+](C)(C)C)c1ncc([N+](=O)[O-])cc1[N+](=O)[O-].COS(=O)(=O)OC.COS(=O)(=O)[O-]. The normalized spacial score (nSPS) is 12.2. The molecule has 1 aliphatic heterocycles. The number of pyridine rings is 2. The van der Waals surface area contributed by atoms with E-state index in [1.807, 2.05) is 40.1 Å². The first kappa shape index (κ1) is 54.2. The molecular formula is C28H50N10O17S2. The predicted octanol–water partition coefficient (Wildman–Crippen LogP) is 1.35. The highest BCUT2D eigenvalue weighted by atomic mass is 32.3. The molecular weight excluding hydrogens is 812 g/mol. The Morgan fingerprint density at radius 1 is 0.684 bits per heavy atom. The zero-order chi connectivity index (χ0) is 44.7. The van der Waals surface area contributed by atoms with E-state index in [2.05, 4.69) is 22.5 Å². The van der Waals surface area contributed by atoms with Crippen molar-refractivity contribution in [2.75, 3.05) is 120 Å². The van der Waals surface area contributed by atoms with E-state index >= 15 is 0 Å². The van der Waals surface area contributed by atoms with Crippen LogP contribution in [0.15, 0.2) is 24.5 Å². The minimum Gasteiger partial charge on any atom is -0.726 e. The second-order valence-electron chi connectivity index (χ2n) is 12.4. The lowest BCUT2D eigenvalue weighted by molar-refractivity contribution is -0.868. The summed E-state index contributed by atoms with van der Waals surface area (Å²) in [4.78, 5) is 53.3. The molecule has 1 aliphatic rings. The summed E-state index contributed by atoms with van der Waals surface area (Å²) in [5, 5.41) is 43.2. The summed E-state index contributed by atoms with van der Waals surface area (Å²) in [5.41, 5.74) is -1.50. The highest BCUT2D eigenvalue weighted by Crippen LogP contribution is 2.29. The summed E-state index contributed by atoms with van der Waals surface area (Å²) in [6, 6.07) is 1.86. The Morgan fingerprint density at radius 3 is 1.28 bits per heavy atom. The van der Waals surface area contributed by atoms with Crippen LogP contribution in [0.4, 0.5) is 34.4 Å². The van der Waals surface area contributed by atoms with E-state index in [1.54, 1.807) is 23.9 Å². The Bertz CT molecular complexity index is 1790. The molecule has 0 unspecified atom stereocenters. The molecule has 0 radical (unpaired) electrons. The number of likely N-dealkylation sites (N-methyl/N-ethyl adjacent to an activating group) is 4. The summed E-state index contributed by atoms with van der Waals surface area (Å²) in [6.07, 6.45) is 4.61. The second-order valence-corrected chi connectivity index (χ2v) is 15.0. The van der Waals surface area contributed by atoms with Crippen molar-refractivity contribution in [3.63, 3.8) is 0 Å². The van der Waals surface area contributed by atoms with Crippen LogP contribution >= 0.6 is 0 Å². The van der Waals surface area contributed by atoms with Crippen molar-refractivity contribution in [2.45, 2.75) is 12.8 Å². The molecule has 0 amide bonds. The molecule has 0 bridgehead atoms. The van der Waals surface area contributed by atoms with Gasteiger partial charge in [-0.2, -0.15) is 8.42 Å². The van der Waals surface area contributed by atoms with Gasteiger partial charge < -0.3 is 28.5 Å². The Kier molecular flexibility index (Phi) is 24.8. The highest BCUT2D eigenvalue weighted by Gasteiger charge is 2.25. The van der Waals surface area contributed by atoms with Gasteiger partial charge >= 0.3 is 21.8 Å². The van der Waals surface area contributed by atoms with Gasteiger partial charge in [-0.3, -0.25) is 53.0 Å². The fraction of sp³-hybridized carbons (Fsp3) is 0.643. The Labute approximate surface area is 330 Å². The average Bonchev–Trinajstić information content (AvgIpc) is 3.73. The van der Waals surface area contributed by atoms with E-state index < -0.39 is 46.2 Å². The van der Waals surface area contributed by atoms with Gasteiger partial charge in [0.05, 0.1) is 87.4 Å². The number of nitrogens with zero attached hydrogens (tertiary/aromatic N) is 10. The Balaban J connectivity index is 0. The van der Waals surface area contributed by atoms with Crippen molar-refractivity contribution in [1.82, 2.24) is 14.9 Å². The maximum absolute atomic E-state index is 11.0. The van der Waals surface area contributed by atoms with E-state index in [4.69, 9.17) is 4.74 Å².